The second-order valence-electron chi connectivity index (χ2n) is 6.73. The van der Waals surface area contributed by atoms with Crippen LogP contribution >= 0.6 is 0 Å². The summed E-state index contributed by atoms with van der Waals surface area (Å²) < 4.78 is 25.8. The zero-order valence-corrected chi connectivity index (χ0v) is 16.6. The number of nitrogens with zero attached hydrogens (tertiary/aromatic N) is 2. The number of rotatable bonds is 4. The molecule has 2 aromatic carbocycles. The molecule has 0 fully saturated rings. The van der Waals surface area contributed by atoms with Crippen LogP contribution in [0.4, 0.5) is 5.95 Å². The van der Waals surface area contributed by atoms with E-state index >= 15 is 0 Å². The molecule has 4 N–H and O–H groups in total. The van der Waals surface area contributed by atoms with Gasteiger partial charge in [-0.15, -0.1) is 0 Å². The molecule has 0 radical (unpaired) electrons. The molecule has 29 heavy (non-hydrogen) atoms. The quantitative estimate of drug-likeness (QED) is 0.477. The van der Waals surface area contributed by atoms with Gasteiger partial charge in [0.1, 0.15) is 5.65 Å². The van der Waals surface area contributed by atoms with Gasteiger partial charge in [0, 0.05) is 19.7 Å². The summed E-state index contributed by atoms with van der Waals surface area (Å²) in [6, 6.07) is 15.9. The maximum Gasteiger partial charge on any atom is 0.262 e. The zero-order chi connectivity index (χ0) is 20.8. The fourth-order valence-corrected chi connectivity index (χ4v) is 4.13. The Morgan fingerprint density at radius 3 is 2.21 bits per heavy atom. The fraction of sp³-hybridized carbons (Fsp3) is 0.100. The molecule has 2 heterocycles. The van der Waals surface area contributed by atoms with E-state index in [1.165, 1.54) is 26.2 Å². The van der Waals surface area contributed by atoms with Gasteiger partial charge < -0.3 is 10.7 Å². The minimum atomic E-state index is -3.54. The van der Waals surface area contributed by atoms with Crippen molar-refractivity contribution in [3.05, 3.63) is 65.0 Å². The molecule has 9 heteroatoms. The van der Waals surface area contributed by atoms with Gasteiger partial charge in [-0.2, -0.15) is 4.98 Å². The maximum atomic E-state index is 12.6. The Kier molecular flexibility index (Phi) is 4.48. The standard InChI is InChI=1S/C20H19N5O3S/c1-25(2)29(27,28)14-10-8-13(9-11-14)17-15(12-6-4-3-5-7-12)16-18(22-17)23-20(21)24-19(16)26/h3-11H,1-2H3,(H4,21,22,23,24,26). The van der Waals surface area contributed by atoms with E-state index in [1.807, 2.05) is 30.3 Å². The van der Waals surface area contributed by atoms with Crippen molar-refractivity contribution in [2.75, 3.05) is 19.8 Å². The first-order chi connectivity index (χ1) is 13.8. The predicted octanol–water partition coefficient (Wildman–Crippen LogP) is 2.42. The normalized spacial score (nSPS) is 12.0. The number of benzene rings is 2. The van der Waals surface area contributed by atoms with Crippen molar-refractivity contribution in [2.24, 2.45) is 0 Å². The number of fused-ring (bicyclic) bond motifs is 1. The summed E-state index contributed by atoms with van der Waals surface area (Å²) in [5, 5.41) is 0.394. The summed E-state index contributed by atoms with van der Waals surface area (Å²) in [4.78, 5) is 22.7. The van der Waals surface area contributed by atoms with Gasteiger partial charge in [-0.1, -0.05) is 42.5 Å². The number of nitrogen functional groups attached to an aromatic ring is 1. The Labute approximate surface area is 167 Å². The van der Waals surface area contributed by atoms with Crippen molar-refractivity contribution in [3.63, 3.8) is 0 Å². The molecule has 4 rings (SSSR count). The number of hydrogen-bond donors (Lipinski definition) is 3. The highest BCUT2D eigenvalue weighted by Crippen LogP contribution is 2.36. The SMILES string of the molecule is CN(C)S(=O)(=O)c1ccc(-c2[nH]c3nc(N)[nH]c(=O)c3c2-c2ccccc2)cc1. The first-order valence-electron chi connectivity index (χ1n) is 8.79. The summed E-state index contributed by atoms with van der Waals surface area (Å²) in [6.45, 7) is 0. The number of H-pyrrole nitrogens is 2. The van der Waals surface area contributed by atoms with Crippen LogP contribution in [0, 0.1) is 0 Å². The lowest BCUT2D eigenvalue weighted by Gasteiger charge is -2.12. The first kappa shape index (κ1) is 18.9. The van der Waals surface area contributed by atoms with Crippen LogP contribution in [0.5, 0.6) is 0 Å². The van der Waals surface area contributed by atoms with Crippen LogP contribution in [0.25, 0.3) is 33.4 Å². The van der Waals surface area contributed by atoms with Crippen molar-refractivity contribution >= 4 is 27.0 Å². The lowest BCUT2D eigenvalue weighted by molar-refractivity contribution is 0.521. The molecular formula is C20H19N5O3S. The first-order valence-corrected chi connectivity index (χ1v) is 10.2. The smallest absolute Gasteiger partial charge is 0.262 e. The molecule has 2 aromatic heterocycles. The number of anilines is 1. The largest absolute Gasteiger partial charge is 0.369 e. The van der Waals surface area contributed by atoms with E-state index < -0.39 is 10.0 Å². The Morgan fingerprint density at radius 1 is 0.931 bits per heavy atom. The minimum absolute atomic E-state index is 0.0161. The third kappa shape index (κ3) is 3.20. The summed E-state index contributed by atoms with van der Waals surface area (Å²) in [5.41, 5.74) is 8.60. The summed E-state index contributed by atoms with van der Waals surface area (Å²) >= 11 is 0. The van der Waals surface area contributed by atoms with E-state index in [0.717, 1.165) is 15.4 Å². The molecule has 0 amide bonds. The van der Waals surface area contributed by atoms with Gasteiger partial charge in [0.15, 0.2) is 0 Å². The highest BCUT2D eigenvalue weighted by molar-refractivity contribution is 7.89. The summed E-state index contributed by atoms with van der Waals surface area (Å²) in [5.74, 6) is 0.0161. The van der Waals surface area contributed by atoms with E-state index in [-0.39, 0.29) is 16.4 Å². The van der Waals surface area contributed by atoms with Crippen molar-refractivity contribution in [3.8, 4) is 22.4 Å². The van der Waals surface area contributed by atoms with Crippen LogP contribution in [0.15, 0.2) is 64.3 Å². The van der Waals surface area contributed by atoms with Crippen LogP contribution < -0.4 is 11.3 Å². The Hall–Kier alpha value is -3.43. The molecule has 0 saturated carbocycles. The number of aromatic amines is 2. The monoisotopic (exact) mass is 409 g/mol. The van der Waals surface area contributed by atoms with E-state index in [2.05, 4.69) is 15.0 Å². The van der Waals surface area contributed by atoms with Gasteiger partial charge in [0.2, 0.25) is 16.0 Å². The Bertz CT molecular complexity index is 1360. The van der Waals surface area contributed by atoms with Gasteiger partial charge in [-0.25, -0.2) is 12.7 Å². The lowest BCUT2D eigenvalue weighted by Crippen LogP contribution is -2.22. The zero-order valence-electron chi connectivity index (χ0n) is 15.8. The van der Waals surface area contributed by atoms with Gasteiger partial charge in [-0.3, -0.25) is 9.78 Å². The molecule has 0 atom stereocenters. The van der Waals surface area contributed by atoms with Crippen LogP contribution in [-0.2, 0) is 10.0 Å². The average Bonchev–Trinajstić information content (AvgIpc) is 3.08. The van der Waals surface area contributed by atoms with Crippen LogP contribution in [0.1, 0.15) is 0 Å². The lowest BCUT2D eigenvalue weighted by atomic mass is 9.99. The van der Waals surface area contributed by atoms with Gasteiger partial charge >= 0.3 is 0 Å². The molecule has 0 bridgehead atoms. The number of nitrogens with one attached hydrogen (secondary N) is 2. The molecule has 0 aliphatic heterocycles. The molecule has 0 aliphatic carbocycles. The highest BCUT2D eigenvalue weighted by atomic mass is 32.2. The Balaban J connectivity index is 1.97. The second kappa shape index (κ2) is 6.87. The van der Waals surface area contributed by atoms with Gasteiger partial charge in [0.25, 0.3) is 5.56 Å². The maximum absolute atomic E-state index is 12.6. The molecule has 4 aromatic rings. The molecule has 0 saturated heterocycles. The van der Waals surface area contributed by atoms with E-state index in [9.17, 15) is 13.2 Å². The molecule has 8 nitrogen and oxygen atoms in total. The van der Waals surface area contributed by atoms with Gasteiger partial charge in [0.05, 0.1) is 16.0 Å². The average molecular weight is 409 g/mol. The van der Waals surface area contributed by atoms with E-state index in [1.54, 1.807) is 12.1 Å². The van der Waals surface area contributed by atoms with Crippen molar-refractivity contribution < 1.29 is 8.42 Å². The third-order valence-corrected chi connectivity index (χ3v) is 6.49. The predicted molar refractivity (Wildman–Crippen MR) is 113 cm³/mol. The van der Waals surface area contributed by atoms with E-state index in [0.29, 0.717) is 22.3 Å². The number of hydrogen-bond acceptors (Lipinski definition) is 5. The van der Waals surface area contributed by atoms with Gasteiger partial charge in [-0.05, 0) is 23.3 Å². The third-order valence-electron chi connectivity index (χ3n) is 4.67. The Morgan fingerprint density at radius 2 is 1.59 bits per heavy atom. The number of aromatic nitrogens is 3. The highest BCUT2D eigenvalue weighted by Gasteiger charge is 2.21. The molecule has 148 valence electrons. The van der Waals surface area contributed by atoms with Crippen LogP contribution in [-0.4, -0.2) is 41.8 Å². The number of nitrogens with two attached hydrogens (primary N) is 1. The van der Waals surface area contributed by atoms with Crippen LogP contribution in [0.2, 0.25) is 0 Å². The summed E-state index contributed by atoms with van der Waals surface area (Å²) in [7, 11) is -0.570. The molecule has 0 unspecified atom stereocenters. The molecular weight excluding hydrogens is 390 g/mol. The fourth-order valence-electron chi connectivity index (χ4n) is 3.23. The topological polar surface area (TPSA) is 125 Å². The summed E-state index contributed by atoms with van der Waals surface area (Å²) in [6.07, 6.45) is 0. The molecule has 0 aliphatic rings. The second-order valence-corrected chi connectivity index (χ2v) is 8.88. The van der Waals surface area contributed by atoms with E-state index in [4.69, 9.17) is 5.73 Å². The molecule has 0 spiro atoms. The minimum Gasteiger partial charge on any atom is -0.369 e. The van der Waals surface area contributed by atoms with Crippen molar-refractivity contribution in [2.45, 2.75) is 4.90 Å². The van der Waals surface area contributed by atoms with Crippen molar-refractivity contribution in [1.29, 1.82) is 0 Å². The van der Waals surface area contributed by atoms with Crippen LogP contribution in [0.3, 0.4) is 0 Å². The number of sulfonamides is 1. The van der Waals surface area contributed by atoms with Crippen molar-refractivity contribution in [1.82, 2.24) is 19.3 Å².